The number of carbonyl (C=O) groups excluding carboxylic acids is 1. The van der Waals surface area contributed by atoms with Crippen LogP contribution in [0.25, 0.3) is 10.6 Å². The van der Waals surface area contributed by atoms with Gasteiger partial charge in [-0.05, 0) is 30.4 Å². The van der Waals surface area contributed by atoms with Crippen molar-refractivity contribution < 1.29 is 13.7 Å². The molecular formula is C18H15FN2O2S. The molecule has 1 fully saturated rings. The van der Waals surface area contributed by atoms with Crippen molar-refractivity contribution in [1.82, 2.24) is 10.5 Å². The molecule has 0 unspecified atom stereocenters. The van der Waals surface area contributed by atoms with E-state index in [0.717, 1.165) is 17.7 Å². The van der Waals surface area contributed by atoms with E-state index in [9.17, 15) is 9.18 Å². The standard InChI is InChI=1S/C18H15FN2O2S/c19-13-5-2-1-4-12(13)11-20-17(22)18(7-8-18)16-10-14(23-21-16)15-6-3-9-24-15/h1-6,9-10H,7-8,11H2,(H,20,22). The molecule has 0 radical (unpaired) electrons. The highest BCUT2D eigenvalue weighted by atomic mass is 32.1. The Hall–Kier alpha value is -2.47. The number of nitrogens with one attached hydrogen (secondary N) is 1. The molecule has 0 atom stereocenters. The summed E-state index contributed by atoms with van der Waals surface area (Å²) in [5.74, 6) is 0.231. The lowest BCUT2D eigenvalue weighted by molar-refractivity contribution is -0.123. The molecule has 6 heteroatoms. The zero-order valence-electron chi connectivity index (χ0n) is 12.8. The van der Waals surface area contributed by atoms with Crippen molar-refractivity contribution in [1.29, 1.82) is 0 Å². The highest BCUT2D eigenvalue weighted by Crippen LogP contribution is 2.48. The largest absolute Gasteiger partial charge is 0.355 e. The molecule has 0 saturated heterocycles. The van der Waals surface area contributed by atoms with E-state index in [1.165, 1.54) is 6.07 Å². The first-order valence-corrected chi connectivity index (χ1v) is 8.60. The summed E-state index contributed by atoms with van der Waals surface area (Å²) in [6, 6.07) is 12.2. The van der Waals surface area contributed by atoms with E-state index < -0.39 is 5.41 Å². The van der Waals surface area contributed by atoms with Gasteiger partial charge < -0.3 is 9.84 Å². The third-order valence-electron chi connectivity index (χ3n) is 4.35. The molecule has 1 aliphatic carbocycles. The van der Waals surface area contributed by atoms with Gasteiger partial charge in [-0.1, -0.05) is 29.4 Å². The van der Waals surface area contributed by atoms with Crippen LogP contribution in [0.5, 0.6) is 0 Å². The topological polar surface area (TPSA) is 55.1 Å². The lowest BCUT2D eigenvalue weighted by atomic mass is 10.0. The maximum absolute atomic E-state index is 13.7. The summed E-state index contributed by atoms with van der Waals surface area (Å²) in [5, 5.41) is 8.89. The van der Waals surface area contributed by atoms with Gasteiger partial charge in [-0.15, -0.1) is 11.3 Å². The van der Waals surface area contributed by atoms with Crippen LogP contribution in [-0.4, -0.2) is 11.1 Å². The molecular weight excluding hydrogens is 327 g/mol. The average Bonchev–Trinajstić information content (AvgIpc) is 3.02. The minimum atomic E-state index is -0.635. The molecule has 0 aliphatic heterocycles. The van der Waals surface area contributed by atoms with E-state index >= 15 is 0 Å². The maximum Gasteiger partial charge on any atom is 0.232 e. The van der Waals surface area contributed by atoms with E-state index in [0.29, 0.717) is 17.0 Å². The Morgan fingerprint density at radius 1 is 1.29 bits per heavy atom. The SMILES string of the molecule is O=C(NCc1ccccc1F)C1(c2cc(-c3cccs3)on2)CC1. The molecule has 2 aromatic heterocycles. The molecule has 122 valence electrons. The molecule has 1 aromatic carbocycles. The van der Waals surface area contributed by atoms with Gasteiger partial charge in [0, 0.05) is 18.2 Å². The molecule has 1 saturated carbocycles. The van der Waals surface area contributed by atoms with Crippen molar-refractivity contribution in [3.8, 4) is 10.6 Å². The average molecular weight is 342 g/mol. The first-order chi connectivity index (χ1) is 11.7. The van der Waals surface area contributed by atoms with Gasteiger partial charge in [0.05, 0.1) is 16.0 Å². The number of rotatable bonds is 5. The zero-order valence-corrected chi connectivity index (χ0v) is 13.6. The zero-order chi connectivity index (χ0) is 16.6. The summed E-state index contributed by atoms with van der Waals surface area (Å²) in [5.41, 5.74) is 0.489. The van der Waals surface area contributed by atoms with Gasteiger partial charge in [0.25, 0.3) is 0 Å². The summed E-state index contributed by atoms with van der Waals surface area (Å²) < 4.78 is 19.0. The highest BCUT2D eigenvalue weighted by molar-refractivity contribution is 7.13. The molecule has 1 aliphatic rings. The van der Waals surface area contributed by atoms with Crippen molar-refractivity contribution in [2.75, 3.05) is 0 Å². The lowest BCUT2D eigenvalue weighted by Crippen LogP contribution is -2.34. The Bertz CT molecular complexity index is 869. The van der Waals surface area contributed by atoms with Crippen LogP contribution in [0.15, 0.2) is 52.4 Å². The van der Waals surface area contributed by atoms with Crippen molar-refractivity contribution in [2.45, 2.75) is 24.8 Å². The van der Waals surface area contributed by atoms with Crippen LogP contribution < -0.4 is 5.32 Å². The Morgan fingerprint density at radius 2 is 2.12 bits per heavy atom. The van der Waals surface area contributed by atoms with Crippen molar-refractivity contribution >= 4 is 17.2 Å². The molecule has 0 spiro atoms. The van der Waals surface area contributed by atoms with E-state index in [-0.39, 0.29) is 18.3 Å². The molecule has 4 nitrogen and oxygen atoms in total. The summed E-state index contributed by atoms with van der Waals surface area (Å²) in [6.07, 6.45) is 1.46. The van der Waals surface area contributed by atoms with Crippen molar-refractivity contribution in [3.05, 3.63) is 64.9 Å². The number of carbonyl (C=O) groups is 1. The summed E-state index contributed by atoms with van der Waals surface area (Å²) >= 11 is 1.56. The number of nitrogens with zero attached hydrogens (tertiary/aromatic N) is 1. The molecule has 3 aromatic rings. The van der Waals surface area contributed by atoms with Crippen LogP contribution in [0.1, 0.15) is 24.1 Å². The summed E-state index contributed by atoms with van der Waals surface area (Å²) in [6.45, 7) is 0.170. The van der Waals surface area contributed by atoms with Crippen molar-refractivity contribution in [3.63, 3.8) is 0 Å². The Labute approximate surface area is 142 Å². The van der Waals surface area contributed by atoms with Gasteiger partial charge in [-0.25, -0.2) is 4.39 Å². The van der Waals surface area contributed by atoms with E-state index in [4.69, 9.17) is 4.52 Å². The number of thiophene rings is 1. The molecule has 1 N–H and O–H groups in total. The smallest absolute Gasteiger partial charge is 0.232 e. The molecule has 4 rings (SSSR count). The Kier molecular flexibility index (Phi) is 3.69. The normalized spacial score (nSPS) is 15.2. The maximum atomic E-state index is 13.7. The second kappa shape index (κ2) is 5.87. The van der Waals surface area contributed by atoms with Crippen LogP contribution in [0, 0.1) is 5.82 Å². The number of hydrogen-bond acceptors (Lipinski definition) is 4. The van der Waals surface area contributed by atoms with Gasteiger partial charge in [0.15, 0.2) is 5.76 Å². The fourth-order valence-electron chi connectivity index (χ4n) is 2.75. The van der Waals surface area contributed by atoms with E-state index in [1.807, 2.05) is 23.6 Å². The number of hydrogen-bond donors (Lipinski definition) is 1. The van der Waals surface area contributed by atoms with E-state index in [1.54, 1.807) is 29.5 Å². The first kappa shape index (κ1) is 15.1. The number of halogens is 1. The Morgan fingerprint density at radius 3 is 2.83 bits per heavy atom. The van der Waals surface area contributed by atoms with Gasteiger partial charge in [-0.3, -0.25) is 4.79 Å². The predicted octanol–water partition coefficient (Wildman–Crippen LogP) is 3.89. The van der Waals surface area contributed by atoms with Crippen LogP contribution >= 0.6 is 11.3 Å². The summed E-state index contributed by atoms with van der Waals surface area (Å²) in [4.78, 5) is 13.6. The number of amides is 1. The quantitative estimate of drug-likeness (QED) is 0.765. The minimum Gasteiger partial charge on any atom is -0.355 e. The minimum absolute atomic E-state index is 0.128. The third kappa shape index (κ3) is 2.63. The fourth-order valence-corrected chi connectivity index (χ4v) is 3.42. The second-order valence-electron chi connectivity index (χ2n) is 5.91. The van der Waals surface area contributed by atoms with E-state index in [2.05, 4.69) is 10.5 Å². The van der Waals surface area contributed by atoms with Gasteiger partial charge >= 0.3 is 0 Å². The second-order valence-corrected chi connectivity index (χ2v) is 6.86. The molecule has 1 amide bonds. The number of benzene rings is 1. The predicted molar refractivity (Wildman–Crippen MR) is 89.0 cm³/mol. The Balaban J connectivity index is 1.49. The van der Waals surface area contributed by atoms with Crippen LogP contribution in [-0.2, 0) is 16.8 Å². The molecule has 0 bridgehead atoms. The molecule has 24 heavy (non-hydrogen) atoms. The third-order valence-corrected chi connectivity index (χ3v) is 5.23. The monoisotopic (exact) mass is 342 g/mol. The lowest BCUT2D eigenvalue weighted by Gasteiger charge is -2.12. The molecule has 2 heterocycles. The van der Waals surface area contributed by atoms with Crippen LogP contribution in [0.2, 0.25) is 0 Å². The summed E-state index contributed by atoms with van der Waals surface area (Å²) in [7, 11) is 0. The number of aromatic nitrogens is 1. The highest BCUT2D eigenvalue weighted by Gasteiger charge is 2.53. The van der Waals surface area contributed by atoms with Crippen molar-refractivity contribution in [2.24, 2.45) is 0 Å². The van der Waals surface area contributed by atoms with Gasteiger partial charge in [0.2, 0.25) is 5.91 Å². The fraction of sp³-hybridized carbons (Fsp3) is 0.222. The first-order valence-electron chi connectivity index (χ1n) is 7.72. The van der Waals surface area contributed by atoms with Gasteiger partial charge in [0.1, 0.15) is 5.82 Å². The van der Waals surface area contributed by atoms with Crippen LogP contribution in [0.3, 0.4) is 0 Å². The van der Waals surface area contributed by atoms with Gasteiger partial charge in [-0.2, -0.15) is 0 Å². The van der Waals surface area contributed by atoms with Crippen LogP contribution in [0.4, 0.5) is 4.39 Å².